The highest BCUT2D eigenvalue weighted by Crippen LogP contribution is 2.47. The Kier molecular flexibility index (Phi) is 15.0. The molecule has 0 saturated carbocycles. The normalized spacial score (nSPS) is 15.1. The van der Waals surface area contributed by atoms with E-state index in [0.29, 0.717) is 42.4 Å². The van der Waals surface area contributed by atoms with Gasteiger partial charge in [-0.05, 0) is 88.8 Å². The zero-order valence-electron chi connectivity index (χ0n) is 29.1. The highest BCUT2D eigenvalue weighted by atomic mass is 127. The highest BCUT2D eigenvalue weighted by molar-refractivity contribution is 14.1. The van der Waals surface area contributed by atoms with Gasteiger partial charge in [-0.15, -0.1) is 13.2 Å². The third-order valence-electron chi connectivity index (χ3n) is 8.69. The first kappa shape index (κ1) is 41.6. The summed E-state index contributed by atoms with van der Waals surface area (Å²) in [6.07, 6.45) is -0.857. The summed E-state index contributed by atoms with van der Waals surface area (Å²) in [5, 5.41) is 21.2. The molecule has 0 aliphatic rings. The second kappa shape index (κ2) is 17.6. The zero-order valence-corrected chi connectivity index (χ0v) is 33.4. The van der Waals surface area contributed by atoms with E-state index in [1.807, 2.05) is 20.8 Å². The SMILES string of the molecule is CCCCCc1ccc(-c2cc3ccc(OCC(O)CCC(CO)COC(=O)C(C)(CC(C)(C)I)C(C)(C)I)cc3o2)c(OC(F)(F)F)c1. The summed E-state index contributed by atoms with van der Waals surface area (Å²) in [5.74, 6) is -0.329. The quantitative estimate of drug-likeness (QED) is 0.0535. The fourth-order valence-corrected chi connectivity index (χ4v) is 6.77. The summed E-state index contributed by atoms with van der Waals surface area (Å²) in [4.78, 5) is 13.3. The first-order valence-corrected chi connectivity index (χ1v) is 18.8. The lowest BCUT2D eigenvalue weighted by molar-refractivity contribution is -0.274. The third-order valence-corrected chi connectivity index (χ3v) is 10.3. The first-order chi connectivity index (χ1) is 22.7. The molecule has 0 aliphatic carbocycles. The monoisotopic (exact) mass is 916 g/mol. The summed E-state index contributed by atoms with van der Waals surface area (Å²) >= 11 is 4.63. The Morgan fingerprint density at radius 3 is 2.29 bits per heavy atom. The van der Waals surface area contributed by atoms with Gasteiger partial charge in [0.2, 0.25) is 0 Å². The molecule has 12 heteroatoms. The van der Waals surface area contributed by atoms with E-state index >= 15 is 0 Å². The standard InChI is InChI=1S/C37H49F3I2O7/c1-7-8-9-10-24-12-16-29(32(17-24)49-37(38,39)40)31-18-26-13-15-28(19-30(26)48-31)46-22-27(44)14-11-25(20-43)21-47-33(45)36(6,35(4,5)42)23-34(2,3)41/h12-13,15-19,25,27,43-44H,7-11,14,20-23H2,1-6H3. The average molecular weight is 917 g/mol. The highest BCUT2D eigenvalue weighted by Gasteiger charge is 2.49. The molecular formula is C37H49F3I2O7. The van der Waals surface area contributed by atoms with Crippen LogP contribution in [0.5, 0.6) is 11.5 Å². The largest absolute Gasteiger partial charge is 0.573 e. The fourth-order valence-electron chi connectivity index (χ4n) is 5.60. The summed E-state index contributed by atoms with van der Waals surface area (Å²) in [5.41, 5.74) is 0.610. The average Bonchev–Trinajstić information content (AvgIpc) is 3.41. The molecule has 3 atom stereocenters. The Morgan fingerprint density at radius 1 is 0.959 bits per heavy atom. The van der Waals surface area contributed by atoms with E-state index in [2.05, 4.69) is 70.7 Å². The van der Waals surface area contributed by atoms with Crippen LogP contribution in [0.2, 0.25) is 0 Å². The van der Waals surface area contributed by atoms with E-state index in [9.17, 15) is 28.2 Å². The molecule has 3 aromatic rings. The van der Waals surface area contributed by atoms with Crippen molar-refractivity contribution in [3.8, 4) is 22.8 Å². The van der Waals surface area contributed by atoms with Gasteiger partial charge in [-0.3, -0.25) is 4.79 Å². The molecule has 2 aromatic carbocycles. The van der Waals surface area contributed by atoms with Gasteiger partial charge >= 0.3 is 12.3 Å². The van der Waals surface area contributed by atoms with Gasteiger partial charge in [-0.25, -0.2) is 0 Å². The Balaban J connectivity index is 1.61. The second-order valence-corrected chi connectivity index (χ2v) is 19.7. The molecule has 1 aromatic heterocycles. The van der Waals surface area contributed by atoms with Crippen LogP contribution < -0.4 is 9.47 Å². The van der Waals surface area contributed by atoms with Crippen molar-refractivity contribution in [3.05, 3.63) is 48.0 Å². The number of carbonyl (C=O) groups excluding carboxylic acids is 1. The number of hydrogen-bond donors (Lipinski definition) is 2. The number of hydrogen-bond acceptors (Lipinski definition) is 7. The number of rotatable bonds is 19. The van der Waals surface area contributed by atoms with Crippen LogP contribution in [0.4, 0.5) is 13.2 Å². The van der Waals surface area contributed by atoms with Crippen LogP contribution in [0.15, 0.2) is 46.9 Å². The maximum Gasteiger partial charge on any atom is 0.573 e. The minimum atomic E-state index is -4.86. The van der Waals surface area contributed by atoms with Gasteiger partial charge in [0.15, 0.2) is 0 Å². The molecule has 49 heavy (non-hydrogen) atoms. The van der Waals surface area contributed by atoms with E-state index in [0.717, 1.165) is 24.8 Å². The van der Waals surface area contributed by atoms with Crippen molar-refractivity contribution >= 4 is 62.1 Å². The molecule has 0 fully saturated rings. The van der Waals surface area contributed by atoms with E-state index in [1.54, 1.807) is 36.4 Å². The van der Waals surface area contributed by atoms with Crippen LogP contribution in [0.1, 0.15) is 85.6 Å². The maximum atomic E-state index is 13.3. The number of fused-ring (bicyclic) bond motifs is 1. The van der Waals surface area contributed by atoms with Crippen molar-refractivity contribution in [1.29, 1.82) is 0 Å². The molecule has 0 aliphatic heterocycles. The first-order valence-electron chi connectivity index (χ1n) is 16.6. The van der Waals surface area contributed by atoms with Crippen LogP contribution in [-0.2, 0) is 16.0 Å². The smallest absolute Gasteiger partial charge is 0.491 e. The van der Waals surface area contributed by atoms with E-state index in [1.165, 1.54) is 6.07 Å². The van der Waals surface area contributed by atoms with Gasteiger partial charge in [0.1, 0.15) is 29.4 Å². The van der Waals surface area contributed by atoms with Gasteiger partial charge in [-0.1, -0.05) is 84.9 Å². The molecule has 7 nitrogen and oxygen atoms in total. The van der Waals surface area contributed by atoms with Crippen molar-refractivity contribution in [2.24, 2.45) is 11.3 Å². The van der Waals surface area contributed by atoms with Gasteiger partial charge in [0.05, 0.1) is 23.7 Å². The number of benzene rings is 2. The molecule has 0 spiro atoms. The molecule has 2 N–H and O–H groups in total. The zero-order chi connectivity index (χ0) is 36.6. The Morgan fingerprint density at radius 2 is 1.67 bits per heavy atom. The number of carbonyl (C=O) groups is 1. The fraction of sp³-hybridized carbons (Fsp3) is 0.595. The van der Waals surface area contributed by atoms with Crippen molar-refractivity contribution in [3.63, 3.8) is 0 Å². The Hall–Kier alpha value is -1.78. The predicted octanol–water partition coefficient (Wildman–Crippen LogP) is 10.2. The number of unbranched alkanes of at least 4 members (excludes halogenated alkanes) is 2. The second-order valence-electron chi connectivity index (χ2n) is 14.0. The number of furan rings is 1. The Labute approximate surface area is 314 Å². The van der Waals surface area contributed by atoms with Gasteiger partial charge in [-0.2, -0.15) is 0 Å². The summed E-state index contributed by atoms with van der Waals surface area (Å²) in [6, 6.07) is 11.5. The predicted molar refractivity (Wildman–Crippen MR) is 203 cm³/mol. The number of ether oxygens (including phenoxy) is 3. The van der Waals surface area contributed by atoms with Crippen LogP contribution in [0.25, 0.3) is 22.3 Å². The van der Waals surface area contributed by atoms with Gasteiger partial charge in [0.25, 0.3) is 0 Å². The molecule has 1 heterocycles. The lowest BCUT2D eigenvalue weighted by atomic mass is 9.73. The summed E-state index contributed by atoms with van der Waals surface area (Å²) in [7, 11) is 0. The lowest BCUT2D eigenvalue weighted by Gasteiger charge is -2.41. The van der Waals surface area contributed by atoms with Crippen LogP contribution >= 0.6 is 45.2 Å². The van der Waals surface area contributed by atoms with Crippen molar-refractivity contribution in [1.82, 2.24) is 0 Å². The number of esters is 1. The number of aliphatic hydroxyl groups excluding tert-OH is 2. The van der Waals surface area contributed by atoms with Crippen molar-refractivity contribution in [2.75, 3.05) is 19.8 Å². The van der Waals surface area contributed by atoms with Crippen molar-refractivity contribution in [2.45, 2.75) is 106 Å². The van der Waals surface area contributed by atoms with Crippen LogP contribution in [0, 0.1) is 11.3 Å². The molecule has 0 amide bonds. The number of halogens is 5. The minimum Gasteiger partial charge on any atom is -0.491 e. The molecule has 0 saturated heterocycles. The van der Waals surface area contributed by atoms with Crippen molar-refractivity contribution < 1.29 is 46.8 Å². The molecule has 0 radical (unpaired) electrons. The maximum absolute atomic E-state index is 13.3. The molecule has 3 unspecified atom stereocenters. The van der Waals surface area contributed by atoms with E-state index in [-0.39, 0.29) is 55.6 Å². The molecule has 0 bridgehead atoms. The minimum absolute atomic E-state index is 0.0358. The lowest BCUT2D eigenvalue weighted by Crippen LogP contribution is -2.47. The van der Waals surface area contributed by atoms with Gasteiger partial charge in [0, 0.05) is 30.8 Å². The number of aliphatic hydroxyl groups is 2. The van der Waals surface area contributed by atoms with E-state index < -0.39 is 17.9 Å². The number of alkyl halides is 5. The molecular weight excluding hydrogens is 867 g/mol. The summed E-state index contributed by atoms with van der Waals surface area (Å²) in [6.45, 7) is 12.0. The number of aryl methyl sites for hydroxylation is 1. The van der Waals surface area contributed by atoms with Gasteiger partial charge < -0.3 is 28.8 Å². The van der Waals surface area contributed by atoms with Crippen LogP contribution in [0.3, 0.4) is 0 Å². The molecule has 274 valence electrons. The van der Waals surface area contributed by atoms with E-state index in [4.69, 9.17) is 13.9 Å². The van der Waals surface area contributed by atoms with Crippen LogP contribution in [-0.4, -0.2) is 55.3 Å². The third kappa shape index (κ3) is 12.7. The topological polar surface area (TPSA) is 98.4 Å². The Bertz CT molecular complexity index is 1510. The molecule has 3 rings (SSSR count). The summed E-state index contributed by atoms with van der Waals surface area (Å²) < 4.78 is 61.2.